The van der Waals surface area contributed by atoms with Gasteiger partial charge >= 0.3 is 19.8 Å². The molecule has 0 spiro atoms. The van der Waals surface area contributed by atoms with Crippen molar-refractivity contribution in [3.63, 3.8) is 0 Å². The molecule has 60 heavy (non-hydrogen) atoms. The number of hydrogen-bond donors (Lipinski definition) is 2. The third-order valence-electron chi connectivity index (χ3n) is 10.2. The Bertz CT molecular complexity index is 1200. The van der Waals surface area contributed by atoms with E-state index in [2.05, 4.69) is 79.1 Å². The first kappa shape index (κ1) is 57.5. The number of carbonyl (C=O) groups excluding carboxylic acids is 2. The third-order valence-corrected chi connectivity index (χ3v) is 10.7. The van der Waals surface area contributed by atoms with Gasteiger partial charge in [-0.05, 0) is 70.6 Å². The average molecular weight is 861 g/mol. The number of rotatable bonds is 44. The maximum Gasteiger partial charge on any atom is 0.469 e. The summed E-state index contributed by atoms with van der Waals surface area (Å²) in [5, 5.41) is 0. The molecule has 0 bridgehead atoms. The summed E-state index contributed by atoms with van der Waals surface area (Å²) in [6, 6.07) is 0. The first-order chi connectivity index (χ1) is 29.3. The second-order valence-corrected chi connectivity index (χ2v) is 17.3. The zero-order chi connectivity index (χ0) is 43.9. The monoisotopic (exact) mass is 861 g/mol. The minimum atomic E-state index is -4.79. The Morgan fingerprint density at radius 1 is 0.433 bits per heavy atom. The van der Waals surface area contributed by atoms with E-state index in [9.17, 15) is 14.2 Å². The standard InChI is InChI=1S/C51H89O8P/c1-3-5-7-9-11-13-15-17-19-21-23-24-25-26-28-29-31-33-35-37-39-41-43-45-50(52)57-47-49(48-58-60(54,55)56)59-51(53)46-44-42-40-38-36-34-32-30-27-22-20-18-16-14-12-10-8-6-4-2/h12,14,18,20,27,30,34,36-37,39-40,42,49H,3-11,13,15-17,19,21-26,28-29,31-33,35,38,41,43-48H2,1-2H3,(H2,54,55,56)/b14-12+,20-18+,30-27+,36-34+,39-37+,42-40+/t49-/m1/s1. The molecule has 0 radical (unpaired) electrons. The summed E-state index contributed by atoms with van der Waals surface area (Å²) >= 11 is 0. The smallest absolute Gasteiger partial charge is 0.462 e. The van der Waals surface area contributed by atoms with E-state index in [-0.39, 0.29) is 19.4 Å². The van der Waals surface area contributed by atoms with Crippen LogP contribution in [0.4, 0.5) is 0 Å². The van der Waals surface area contributed by atoms with Gasteiger partial charge in [0, 0.05) is 12.8 Å². The molecule has 0 aliphatic rings. The molecule has 0 amide bonds. The topological polar surface area (TPSA) is 119 Å². The molecule has 0 aliphatic heterocycles. The molecule has 9 heteroatoms. The molecule has 0 heterocycles. The van der Waals surface area contributed by atoms with Crippen LogP contribution in [-0.2, 0) is 28.2 Å². The maximum atomic E-state index is 12.4. The van der Waals surface area contributed by atoms with E-state index in [1.54, 1.807) is 0 Å². The van der Waals surface area contributed by atoms with Gasteiger partial charge in [-0.1, -0.05) is 209 Å². The molecular weight excluding hydrogens is 772 g/mol. The van der Waals surface area contributed by atoms with E-state index in [1.807, 2.05) is 12.2 Å². The van der Waals surface area contributed by atoms with Crippen molar-refractivity contribution in [1.82, 2.24) is 0 Å². The Labute approximate surface area is 368 Å². The van der Waals surface area contributed by atoms with E-state index in [0.717, 1.165) is 38.5 Å². The maximum absolute atomic E-state index is 12.4. The van der Waals surface area contributed by atoms with Crippen LogP contribution in [0.15, 0.2) is 72.9 Å². The first-order valence-corrected chi connectivity index (χ1v) is 25.8. The lowest BCUT2D eigenvalue weighted by atomic mass is 10.0. The highest BCUT2D eigenvalue weighted by Gasteiger charge is 2.22. The second kappa shape index (κ2) is 46.0. The molecular formula is C51H89O8P. The summed E-state index contributed by atoms with van der Waals surface area (Å²) < 4.78 is 26.4. The van der Waals surface area contributed by atoms with Crippen molar-refractivity contribution in [2.75, 3.05) is 13.2 Å². The number of allylic oxidation sites excluding steroid dienone is 12. The van der Waals surface area contributed by atoms with Gasteiger partial charge in [0.05, 0.1) is 6.61 Å². The minimum Gasteiger partial charge on any atom is -0.462 e. The van der Waals surface area contributed by atoms with Crippen LogP contribution in [-0.4, -0.2) is 41.0 Å². The largest absolute Gasteiger partial charge is 0.469 e. The molecule has 0 fully saturated rings. The second-order valence-electron chi connectivity index (χ2n) is 16.1. The molecule has 346 valence electrons. The number of hydrogen-bond acceptors (Lipinski definition) is 6. The lowest BCUT2D eigenvalue weighted by molar-refractivity contribution is -0.161. The summed E-state index contributed by atoms with van der Waals surface area (Å²) in [6.07, 6.45) is 60.9. The van der Waals surface area contributed by atoms with Gasteiger partial charge in [0.1, 0.15) is 6.61 Å². The molecule has 0 unspecified atom stereocenters. The minimum absolute atomic E-state index is 0.0807. The van der Waals surface area contributed by atoms with E-state index in [0.29, 0.717) is 12.8 Å². The Kier molecular flexibility index (Phi) is 44.1. The predicted molar refractivity (Wildman–Crippen MR) is 253 cm³/mol. The molecule has 1 atom stereocenters. The number of ether oxygens (including phenoxy) is 2. The summed E-state index contributed by atoms with van der Waals surface area (Å²) in [5.41, 5.74) is 0. The molecule has 0 saturated carbocycles. The van der Waals surface area contributed by atoms with Crippen molar-refractivity contribution >= 4 is 19.8 Å². The Balaban J connectivity index is 3.97. The SMILES string of the molecule is CCCCC/C=C/C/C=C/C/C=C/C/C=C/C/C=C/CCC(=O)O[C@H](COC(=O)CCC/C=C/CCCCCCCCCCCCCCCCCCCC)COP(=O)(O)O. The Morgan fingerprint density at radius 2 is 0.783 bits per heavy atom. The van der Waals surface area contributed by atoms with E-state index >= 15 is 0 Å². The fourth-order valence-electron chi connectivity index (χ4n) is 6.60. The Hall–Kier alpha value is -2.51. The van der Waals surface area contributed by atoms with Gasteiger partial charge in [-0.15, -0.1) is 0 Å². The highest BCUT2D eigenvalue weighted by atomic mass is 31.2. The van der Waals surface area contributed by atoms with Crippen LogP contribution in [0.3, 0.4) is 0 Å². The number of carbonyl (C=O) groups is 2. The van der Waals surface area contributed by atoms with Crippen LogP contribution < -0.4 is 0 Å². The van der Waals surface area contributed by atoms with E-state index in [4.69, 9.17) is 19.3 Å². The molecule has 0 rings (SSSR count). The average Bonchev–Trinajstić information content (AvgIpc) is 3.22. The van der Waals surface area contributed by atoms with Crippen LogP contribution in [0.25, 0.3) is 0 Å². The van der Waals surface area contributed by atoms with E-state index in [1.165, 1.54) is 141 Å². The normalized spacial score (nSPS) is 13.1. The fourth-order valence-corrected chi connectivity index (χ4v) is 6.96. The van der Waals surface area contributed by atoms with Crippen molar-refractivity contribution in [1.29, 1.82) is 0 Å². The summed E-state index contributed by atoms with van der Waals surface area (Å²) in [4.78, 5) is 42.9. The van der Waals surface area contributed by atoms with Gasteiger partial charge in [-0.3, -0.25) is 14.1 Å². The zero-order valence-electron chi connectivity index (χ0n) is 38.3. The van der Waals surface area contributed by atoms with Crippen LogP contribution in [0.1, 0.15) is 219 Å². The van der Waals surface area contributed by atoms with Crippen LogP contribution in [0.2, 0.25) is 0 Å². The van der Waals surface area contributed by atoms with Crippen LogP contribution >= 0.6 is 7.82 Å². The van der Waals surface area contributed by atoms with Crippen molar-refractivity contribution < 1.29 is 37.9 Å². The number of esters is 2. The van der Waals surface area contributed by atoms with Gasteiger partial charge in [0.2, 0.25) is 0 Å². The zero-order valence-corrected chi connectivity index (χ0v) is 39.2. The van der Waals surface area contributed by atoms with Gasteiger partial charge in [0.25, 0.3) is 0 Å². The van der Waals surface area contributed by atoms with Crippen LogP contribution in [0.5, 0.6) is 0 Å². The highest BCUT2D eigenvalue weighted by molar-refractivity contribution is 7.46. The number of unbranched alkanes of at least 4 members (excludes halogenated alkanes) is 22. The lowest BCUT2D eigenvalue weighted by Gasteiger charge is -2.18. The molecule has 0 aliphatic carbocycles. The van der Waals surface area contributed by atoms with Crippen molar-refractivity contribution in [2.24, 2.45) is 0 Å². The summed E-state index contributed by atoms with van der Waals surface area (Å²) in [7, 11) is -4.79. The lowest BCUT2D eigenvalue weighted by Crippen LogP contribution is -2.29. The highest BCUT2D eigenvalue weighted by Crippen LogP contribution is 2.36. The van der Waals surface area contributed by atoms with Crippen LogP contribution in [0, 0.1) is 0 Å². The molecule has 8 nitrogen and oxygen atoms in total. The summed E-state index contributed by atoms with van der Waals surface area (Å²) in [6.45, 7) is 3.59. The van der Waals surface area contributed by atoms with Crippen molar-refractivity contribution in [3.05, 3.63) is 72.9 Å². The summed E-state index contributed by atoms with van der Waals surface area (Å²) in [5.74, 6) is -1.02. The van der Waals surface area contributed by atoms with Crippen molar-refractivity contribution in [2.45, 2.75) is 225 Å². The van der Waals surface area contributed by atoms with Gasteiger partial charge in [0.15, 0.2) is 6.10 Å². The van der Waals surface area contributed by atoms with Crippen molar-refractivity contribution in [3.8, 4) is 0 Å². The first-order valence-electron chi connectivity index (χ1n) is 24.2. The number of phosphoric acid groups is 1. The molecule has 0 aromatic carbocycles. The Morgan fingerprint density at radius 3 is 1.23 bits per heavy atom. The molecule has 0 aromatic heterocycles. The molecule has 0 aromatic rings. The van der Waals surface area contributed by atoms with Gasteiger partial charge in [-0.2, -0.15) is 0 Å². The van der Waals surface area contributed by atoms with E-state index < -0.39 is 32.5 Å². The molecule has 2 N–H and O–H groups in total. The predicted octanol–water partition coefficient (Wildman–Crippen LogP) is 15.4. The third kappa shape index (κ3) is 48.2. The quantitative estimate of drug-likeness (QED) is 0.0269. The van der Waals surface area contributed by atoms with Gasteiger partial charge in [-0.25, -0.2) is 4.57 Å². The number of phosphoric ester groups is 1. The molecule has 0 saturated heterocycles. The fraction of sp³-hybridized carbons (Fsp3) is 0.725. The van der Waals surface area contributed by atoms with Gasteiger partial charge < -0.3 is 19.3 Å².